The molecule has 0 bridgehead atoms. The molecule has 1 unspecified atom stereocenters. The van der Waals surface area contributed by atoms with Crippen LogP contribution in [0.3, 0.4) is 0 Å². The van der Waals surface area contributed by atoms with Crippen LogP contribution in [-0.4, -0.2) is 31.9 Å². The molecule has 0 saturated heterocycles. The zero-order valence-electron chi connectivity index (χ0n) is 10.9. The van der Waals surface area contributed by atoms with Crippen molar-refractivity contribution in [2.45, 2.75) is 26.4 Å². The summed E-state index contributed by atoms with van der Waals surface area (Å²) in [6.07, 6.45) is 0.225. The number of benzene rings is 1. The standard InChI is InChI=1S/C14H20O4/c1-3-16-14(15)9-10-17-12(2)11-18-13-7-5-4-6-8-13/h4-8,12H,3,9-11H2,1-2H3. The minimum absolute atomic E-state index is 0.0559. The lowest BCUT2D eigenvalue weighted by molar-refractivity contribution is -0.144. The van der Waals surface area contributed by atoms with Crippen molar-refractivity contribution in [2.24, 2.45) is 0 Å². The molecule has 1 atom stereocenters. The van der Waals surface area contributed by atoms with Gasteiger partial charge in [-0.2, -0.15) is 0 Å². The molecular weight excluding hydrogens is 232 g/mol. The van der Waals surface area contributed by atoms with E-state index < -0.39 is 0 Å². The second-order valence-corrected chi connectivity index (χ2v) is 3.86. The van der Waals surface area contributed by atoms with Crippen LogP contribution in [0, 0.1) is 0 Å². The molecule has 0 N–H and O–H groups in total. The number of rotatable bonds is 8. The molecule has 0 aliphatic heterocycles. The average Bonchev–Trinajstić information content (AvgIpc) is 2.38. The molecule has 4 nitrogen and oxygen atoms in total. The number of ether oxygens (including phenoxy) is 3. The molecule has 0 heterocycles. The van der Waals surface area contributed by atoms with Gasteiger partial charge < -0.3 is 14.2 Å². The van der Waals surface area contributed by atoms with Gasteiger partial charge in [-0.25, -0.2) is 0 Å². The summed E-state index contributed by atoms with van der Waals surface area (Å²) in [4.78, 5) is 11.1. The predicted molar refractivity (Wildman–Crippen MR) is 68.6 cm³/mol. The zero-order chi connectivity index (χ0) is 13.2. The molecule has 0 aromatic heterocycles. The second kappa shape index (κ2) is 8.53. The van der Waals surface area contributed by atoms with E-state index in [9.17, 15) is 4.79 Å². The molecule has 0 radical (unpaired) electrons. The summed E-state index contributed by atoms with van der Waals surface area (Å²) >= 11 is 0. The summed E-state index contributed by atoms with van der Waals surface area (Å²) < 4.78 is 15.8. The Morgan fingerprint density at radius 3 is 2.67 bits per heavy atom. The van der Waals surface area contributed by atoms with E-state index in [0.29, 0.717) is 19.8 Å². The number of hydrogen-bond acceptors (Lipinski definition) is 4. The highest BCUT2D eigenvalue weighted by Crippen LogP contribution is 2.09. The topological polar surface area (TPSA) is 44.8 Å². The van der Waals surface area contributed by atoms with Crippen molar-refractivity contribution in [2.75, 3.05) is 19.8 Å². The smallest absolute Gasteiger partial charge is 0.308 e. The maximum Gasteiger partial charge on any atom is 0.308 e. The van der Waals surface area contributed by atoms with Crippen LogP contribution in [0.5, 0.6) is 5.75 Å². The number of para-hydroxylation sites is 1. The maximum atomic E-state index is 11.1. The molecule has 100 valence electrons. The van der Waals surface area contributed by atoms with Crippen LogP contribution >= 0.6 is 0 Å². The molecule has 1 aromatic carbocycles. The van der Waals surface area contributed by atoms with E-state index in [1.165, 1.54) is 0 Å². The monoisotopic (exact) mass is 252 g/mol. The van der Waals surface area contributed by atoms with Crippen molar-refractivity contribution in [3.8, 4) is 5.75 Å². The fraction of sp³-hybridized carbons (Fsp3) is 0.500. The third kappa shape index (κ3) is 6.25. The van der Waals surface area contributed by atoms with Crippen LogP contribution in [0.2, 0.25) is 0 Å². The van der Waals surface area contributed by atoms with E-state index in [2.05, 4.69) is 0 Å². The molecule has 1 aromatic rings. The predicted octanol–water partition coefficient (Wildman–Crippen LogP) is 2.42. The first-order chi connectivity index (χ1) is 8.72. The van der Waals surface area contributed by atoms with Crippen molar-refractivity contribution in [1.29, 1.82) is 0 Å². The van der Waals surface area contributed by atoms with Gasteiger partial charge in [-0.1, -0.05) is 18.2 Å². The first-order valence-electron chi connectivity index (χ1n) is 6.17. The quantitative estimate of drug-likeness (QED) is 0.666. The molecule has 0 aliphatic carbocycles. The summed E-state index contributed by atoms with van der Waals surface area (Å²) in [6, 6.07) is 9.56. The Morgan fingerprint density at radius 1 is 1.28 bits per heavy atom. The molecule has 0 fully saturated rings. The van der Waals surface area contributed by atoms with Crippen LogP contribution in [0.25, 0.3) is 0 Å². The highest BCUT2D eigenvalue weighted by Gasteiger charge is 2.06. The molecule has 0 saturated carbocycles. The van der Waals surface area contributed by atoms with Gasteiger partial charge in [0.2, 0.25) is 0 Å². The summed E-state index contributed by atoms with van der Waals surface area (Å²) in [6.45, 7) is 4.93. The molecule has 0 aliphatic rings. The van der Waals surface area contributed by atoms with Crippen molar-refractivity contribution in [3.63, 3.8) is 0 Å². The van der Waals surface area contributed by atoms with Crippen LogP contribution in [0.4, 0.5) is 0 Å². The largest absolute Gasteiger partial charge is 0.491 e. The third-order valence-corrected chi connectivity index (χ3v) is 2.24. The number of carbonyl (C=O) groups excluding carboxylic acids is 1. The second-order valence-electron chi connectivity index (χ2n) is 3.86. The SMILES string of the molecule is CCOC(=O)CCOC(C)COc1ccccc1. The van der Waals surface area contributed by atoms with Crippen molar-refractivity contribution >= 4 is 5.97 Å². The minimum Gasteiger partial charge on any atom is -0.491 e. The Labute approximate surface area is 108 Å². The number of esters is 1. The lowest BCUT2D eigenvalue weighted by Gasteiger charge is -2.14. The zero-order valence-corrected chi connectivity index (χ0v) is 10.9. The summed E-state index contributed by atoms with van der Waals surface area (Å²) in [7, 11) is 0. The van der Waals surface area contributed by atoms with Crippen LogP contribution < -0.4 is 4.74 Å². The van der Waals surface area contributed by atoms with E-state index in [-0.39, 0.29) is 18.5 Å². The average molecular weight is 252 g/mol. The first kappa shape index (κ1) is 14.5. The highest BCUT2D eigenvalue weighted by atomic mass is 16.5. The fourth-order valence-corrected chi connectivity index (χ4v) is 1.36. The first-order valence-corrected chi connectivity index (χ1v) is 6.17. The number of hydrogen-bond donors (Lipinski definition) is 0. The third-order valence-electron chi connectivity index (χ3n) is 2.24. The van der Waals surface area contributed by atoms with Crippen molar-refractivity contribution in [1.82, 2.24) is 0 Å². The molecular formula is C14H20O4. The molecule has 4 heteroatoms. The van der Waals surface area contributed by atoms with E-state index in [4.69, 9.17) is 14.2 Å². The fourth-order valence-electron chi connectivity index (χ4n) is 1.36. The van der Waals surface area contributed by atoms with Crippen molar-refractivity contribution < 1.29 is 19.0 Å². The van der Waals surface area contributed by atoms with Gasteiger partial charge in [-0.05, 0) is 26.0 Å². The number of carbonyl (C=O) groups is 1. The Hall–Kier alpha value is -1.55. The van der Waals surface area contributed by atoms with E-state index >= 15 is 0 Å². The molecule has 18 heavy (non-hydrogen) atoms. The molecule has 0 amide bonds. The summed E-state index contributed by atoms with van der Waals surface area (Å²) in [5, 5.41) is 0. The van der Waals surface area contributed by atoms with Gasteiger partial charge in [0.05, 0.1) is 25.7 Å². The van der Waals surface area contributed by atoms with Crippen molar-refractivity contribution in [3.05, 3.63) is 30.3 Å². The van der Waals surface area contributed by atoms with Gasteiger partial charge in [0.25, 0.3) is 0 Å². The van der Waals surface area contributed by atoms with Gasteiger partial charge in [-0.3, -0.25) is 4.79 Å². The van der Waals surface area contributed by atoms with Gasteiger partial charge in [-0.15, -0.1) is 0 Å². The van der Waals surface area contributed by atoms with Crippen LogP contribution in [0.15, 0.2) is 30.3 Å². The van der Waals surface area contributed by atoms with E-state index in [1.807, 2.05) is 37.3 Å². The molecule has 0 spiro atoms. The maximum absolute atomic E-state index is 11.1. The van der Waals surface area contributed by atoms with Gasteiger partial charge >= 0.3 is 5.97 Å². The molecule has 1 rings (SSSR count). The van der Waals surface area contributed by atoms with Gasteiger partial charge in [0.15, 0.2) is 0 Å². The summed E-state index contributed by atoms with van der Waals surface area (Å²) in [5.74, 6) is 0.590. The van der Waals surface area contributed by atoms with Gasteiger partial charge in [0.1, 0.15) is 12.4 Å². The van der Waals surface area contributed by atoms with E-state index in [1.54, 1.807) is 6.92 Å². The Bertz CT molecular complexity index is 337. The Morgan fingerprint density at radius 2 is 2.00 bits per heavy atom. The van der Waals surface area contributed by atoms with Gasteiger partial charge in [0, 0.05) is 0 Å². The Kier molecular flexibility index (Phi) is 6.87. The lowest BCUT2D eigenvalue weighted by Crippen LogP contribution is -2.20. The van der Waals surface area contributed by atoms with Crippen LogP contribution in [0.1, 0.15) is 20.3 Å². The minimum atomic E-state index is -0.228. The normalized spacial score (nSPS) is 11.9. The Balaban J connectivity index is 2.11. The highest BCUT2D eigenvalue weighted by molar-refractivity contribution is 5.69. The lowest BCUT2D eigenvalue weighted by atomic mass is 10.3. The summed E-state index contributed by atoms with van der Waals surface area (Å²) in [5.41, 5.74) is 0. The van der Waals surface area contributed by atoms with Crippen LogP contribution in [-0.2, 0) is 14.3 Å². The van der Waals surface area contributed by atoms with E-state index in [0.717, 1.165) is 5.75 Å².